The van der Waals surface area contributed by atoms with Gasteiger partial charge in [0.2, 0.25) is 0 Å². The van der Waals surface area contributed by atoms with Crippen LogP contribution in [0.5, 0.6) is 0 Å². The van der Waals surface area contributed by atoms with E-state index in [9.17, 15) is 0 Å². The fourth-order valence-electron chi connectivity index (χ4n) is 3.77. The molecule has 2 saturated heterocycles. The maximum atomic E-state index is 9.17. The van der Waals surface area contributed by atoms with Crippen LogP contribution in [0.15, 0.2) is 0 Å². The Morgan fingerprint density at radius 3 is 2.95 bits per heavy atom. The van der Waals surface area contributed by atoms with Gasteiger partial charge in [-0.15, -0.1) is 0 Å². The average Bonchev–Trinajstić information content (AvgIpc) is 2.47. The number of piperidine rings is 2. The standard InChI is InChI=1S/C16H30N4/c1-3-8-18-15(12-17)6-10-20-11-7-16-14(13-20)5-4-9-19(16)2/h14-16,18H,3-11,13H2,1-2H3. The molecule has 0 radical (unpaired) electrons. The van der Waals surface area contributed by atoms with E-state index in [0.29, 0.717) is 0 Å². The molecule has 0 aromatic heterocycles. The molecule has 0 amide bonds. The lowest BCUT2D eigenvalue weighted by Gasteiger charge is -2.46. The number of likely N-dealkylation sites (tertiary alicyclic amines) is 2. The van der Waals surface area contributed by atoms with Crippen LogP contribution in [0.3, 0.4) is 0 Å². The van der Waals surface area contributed by atoms with E-state index < -0.39 is 0 Å². The summed E-state index contributed by atoms with van der Waals surface area (Å²) in [6.45, 7) is 7.89. The fraction of sp³-hybridized carbons (Fsp3) is 0.938. The van der Waals surface area contributed by atoms with Gasteiger partial charge in [-0.3, -0.25) is 0 Å². The summed E-state index contributed by atoms with van der Waals surface area (Å²) in [7, 11) is 2.28. The van der Waals surface area contributed by atoms with Gasteiger partial charge in [-0.25, -0.2) is 0 Å². The molecule has 2 aliphatic heterocycles. The highest BCUT2D eigenvalue weighted by atomic mass is 15.2. The molecule has 0 bridgehead atoms. The number of hydrogen-bond donors (Lipinski definition) is 1. The van der Waals surface area contributed by atoms with Crippen LogP contribution in [0.25, 0.3) is 0 Å². The van der Waals surface area contributed by atoms with E-state index in [-0.39, 0.29) is 6.04 Å². The second-order valence-corrected chi connectivity index (χ2v) is 6.46. The van der Waals surface area contributed by atoms with E-state index in [2.05, 4.69) is 35.2 Å². The number of hydrogen-bond acceptors (Lipinski definition) is 4. The van der Waals surface area contributed by atoms with Crippen molar-refractivity contribution in [3.8, 4) is 6.07 Å². The summed E-state index contributed by atoms with van der Waals surface area (Å²) in [4.78, 5) is 5.14. The molecule has 4 heteroatoms. The van der Waals surface area contributed by atoms with Crippen molar-refractivity contribution in [3.05, 3.63) is 0 Å². The van der Waals surface area contributed by atoms with Gasteiger partial charge in [0.1, 0.15) is 0 Å². The van der Waals surface area contributed by atoms with Gasteiger partial charge in [-0.05, 0) is 64.7 Å². The molecule has 2 heterocycles. The molecule has 3 unspecified atom stereocenters. The first-order chi connectivity index (χ1) is 9.74. The second kappa shape index (κ2) is 7.97. The van der Waals surface area contributed by atoms with Crippen molar-refractivity contribution in [2.24, 2.45) is 5.92 Å². The minimum Gasteiger partial charge on any atom is -0.303 e. The highest BCUT2D eigenvalue weighted by Crippen LogP contribution is 2.29. The van der Waals surface area contributed by atoms with E-state index >= 15 is 0 Å². The van der Waals surface area contributed by atoms with Crippen molar-refractivity contribution in [1.29, 1.82) is 5.26 Å². The van der Waals surface area contributed by atoms with Crippen molar-refractivity contribution in [2.45, 2.75) is 51.1 Å². The van der Waals surface area contributed by atoms with Gasteiger partial charge < -0.3 is 15.1 Å². The molecule has 20 heavy (non-hydrogen) atoms. The number of nitrogens with one attached hydrogen (secondary N) is 1. The van der Waals surface area contributed by atoms with Crippen LogP contribution < -0.4 is 5.32 Å². The summed E-state index contributed by atoms with van der Waals surface area (Å²) in [6, 6.07) is 3.23. The third-order valence-corrected chi connectivity index (χ3v) is 4.96. The Morgan fingerprint density at radius 2 is 2.20 bits per heavy atom. The molecule has 3 atom stereocenters. The highest BCUT2D eigenvalue weighted by molar-refractivity contribution is 4.92. The fourth-order valence-corrected chi connectivity index (χ4v) is 3.77. The molecule has 0 aromatic carbocycles. The monoisotopic (exact) mass is 278 g/mol. The summed E-state index contributed by atoms with van der Waals surface area (Å²) in [5.74, 6) is 0.853. The minimum absolute atomic E-state index is 0.0294. The molecule has 1 N–H and O–H groups in total. The summed E-state index contributed by atoms with van der Waals surface area (Å²) in [5, 5.41) is 12.5. The summed E-state index contributed by atoms with van der Waals surface area (Å²) in [6.07, 6.45) is 6.11. The van der Waals surface area contributed by atoms with Crippen molar-refractivity contribution in [3.63, 3.8) is 0 Å². The molecule has 0 aromatic rings. The van der Waals surface area contributed by atoms with Crippen LogP contribution in [0.4, 0.5) is 0 Å². The molecular weight excluding hydrogens is 248 g/mol. The molecule has 0 saturated carbocycles. The van der Waals surface area contributed by atoms with Gasteiger partial charge in [0.25, 0.3) is 0 Å². The predicted molar refractivity (Wildman–Crippen MR) is 82.5 cm³/mol. The second-order valence-electron chi connectivity index (χ2n) is 6.46. The average molecular weight is 278 g/mol. The summed E-state index contributed by atoms with van der Waals surface area (Å²) >= 11 is 0. The van der Waals surface area contributed by atoms with Gasteiger partial charge in [0.15, 0.2) is 0 Å². The maximum Gasteiger partial charge on any atom is 0.0965 e. The first kappa shape index (κ1) is 15.8. The summed E-state index contributed by atoms with van der Waals surface area (Å²) in [5.41, 5.74) is 0. The maximum absolute atomic E-state index is 9.17. The van der Waals surface area contributed by atoms with Gasteiger partial charge in [0, 0.05) is 19.1 Å². The predicted octanol–water partition coefficient (Wildman–Crippen LogP) is 1.68. The molecule has 0 aliphatic carbocycles. The van der Waals surface area contributed by atoms with Gasteiger partial charge >= 0.3 is 0 Å². The molecule has 2 rings (SSSR count). The Hall–Kier alpha value is -0.630. The Balaban J connectivity index is 1.73. The SMILES string of the molecule is CCCNC(C#N)CCN1CCC2C(CCCN2C)C1. The van der Waals surface area contributed by atoms with E-state index in [1.807, 2.05) is 0 Å². The lowest BCUT2D eigenvalue weighted by Crippen LogP contribution is -2.53. The zero-order valence-electron chi connectivity index (χ0n) is 13.1. The lowest BCUT2D eigenvalue weighted by atomic mass is 9.84. The molecular formula is C16H30N4. The zero-order valence-corrected chi connectivity index (χ0v) is 13.1. The van der Waals surface area contributed by atoms with Gasteiger partial charge in [0.05, 0.1) is 12.1 Å². The molecule has 114 valence electrons. The van der Waals surface area contributed by atoms with E-state index in [1.54, 1.807) is 0 Å². The topological polar surface area (TPSA) is 42.3 Å². The molecule has 0 spiro atoms. The molecule has 2 fully saturated rings. The highest BCUT2D eigenvalue weighted by Gasteiger charge is 2.33. The van der Waals surface area contributed by atoms with Crippen molar-refractivity contribution in [1.82, 2.24) is 15.1 Å². The number of fused-ring (bicyclic) bond motifs is 1. The van der Waals surface area contributed by atoms with E-state index in [0.717, 1.165) is 37.9 Å². The number of rotatable bonds is 6. The third-order valence-electron chi connectivity index (χ3n) is 4.96. The molecule has 4 nitrogen and oxygen atoms in total. The number of nitrogens with zero attached hydrogens (tertiary/aromatic N) is 3. The third kappa shape index (κ3) is 4.18. The number of nitriles is 1. The van der Waals surface area contributed by atoms with Crippen LogP contribution in [0.2, 0.25) is 0 Å². The van der Waals surface area contributed by atoms with Gasteiger partial charge in [-0.1, -0.05) is 6.92 Å². The minimum atomic E-state index is 0.0294. The first-order valence-electron chi connectivity index (χ1n) is 8.30. The first-order valence-corrected chi connectivity index (χ1v) is 8.30. The Kier molecular flexibility index (Phi) is 6.28. The van der Waals surface area contributed by atoms with Crippen LogP contribution >= 0.6 is 0 Å². The Morgan fingerprint density at radius 1 is 1.35 bits per heavy atom. The Labute approximate surface area is 124 Å². The molecule has 2 aliphatic rings. The van der Waals surface area contributed by atoms with Crippen molar-refractivity contribution < 1.29 is 0 Å². The van der Waals surface area contributed by atoms with Crippen LogP contribution in [-0.4, -0.2) is 61.7 Å². The quantitative estimate of drug-likeness (QED) is 0.803. The smallest absolute Gasteiger partial charge is 0.0965 e. The van der Waals surface area contributed by atoms with Gasteiger partial charge in [-0.2, -0.15) is 5.26 Å². The van der Waals surface area contributed by atoms with E-state index in [4.69, 9.17) is 5.26 Å². The van der Waals surface area contributed by atoms with Crippen LogP contribution in [0, 0.1) is 17.2 Å². The van der Waals surface area contributed by atoms with Crippen LogP contribution in [-0.2, 0) is 0 Å². The normalized spacial score (nSPS) is 29.6. The Bertz CT molecular complexity index is 325. The lowest BCUT2D eigenvalue weighted by molar-refractivity contribution is 0.0377. The van der Waals surface area contributed by atoms with Crippen molar-refractivity contribution >= 4 is 0 Å². The van der Waals surface area contributed by atoms with Crippen LogP contribution in [0.1, 0.15) is 39.0 Å². The van der Waals surface area contributed by atoms with E-state index in [1.165, 1.54) is 38.9 Å². The summed E-state index contributed by atoms with van der Waals surface area (Å²) < 4.78 is 0. The largest absolute Gasteiger partial charge is 0.303 e. The van der Waals surface area contributed by atoms with Crippen molar-refractivity contribution in [2.75, 3.05) is 39.8 Å². The zero-order chi connectivity index (χ0) is 14.4.